The van der Waals surface area contributed by atoms with Gasteiger partial charge >= 0.3 is 0 Å². The predicted molar refractivity (Wildman–Crippen MR) is 113 cm³/mol. The quantitative estimate of drug-likeness (QED) is 0.748. The first-order chi connectivity index (χ1) is 14.4. The molecule has 0 saturated carbocycles. The summed E-state index contributed by atoms with van der Waals surface area (Å²) < 4.78 is 33.0. The minimum absolute atomic E-state index is 0.0506. The Labute approximate surface area is 179 Å². The van der Waals surface area contributed by atoms with Crippen LogP contribution in [0.5, 0.6) is 5.75 Å². The third kappa shape index (κ3) is 3.94. The van der Waals surface area contributed by atoms with Crippen LogP contribution in [-0.4, -0.2) is 57.3 Å². The van der Waals surface area contributed by atoms with Crippen LogP contribution >= 0.6 is 11.3 Å². The highest BCUT2D eigenvalue weighted by Crippen LogP contribution is 2.34. The second kappa shape index (κ2) is 8.37. The first kappa shape index (κ1) is 20.8. The summed E-state index contributed by atoms with van der Waals surface area (Å²) >= 11 is 1.12. The Bertz CT molecular complexity index is 1060. The van der Waals surface area contributed by atoms with Crippen LogP contribution in [0, 0.1) is 0 Å². The Morgan fingerprint density at radius 1 is 1.17 bits per heavy atom. The number of hydrogen-bond donors (Lipinski definition) is 1. The van der Waals surface area contributed by atoms with Crippen LogP contribution in [0.3, 0.4) is 0 Å². The molecule has 0 unspecified atom stereocenters. The number of likely N-dealkylation sites (N-methyl/N-ethyl adjacent to an activating group) is 1. The minimum atomic E-state index is -3.50. The van der Waals surface area contributed by atoms with E-state index in [0.29, 0.717) is 29.4 Å². The number of hydrogen-bond acceptors (Lipinski definition) is 6. The largest absolute Gasteiger partial charge is 0.477 e. The fourth-order valence-corrected chi connectivity index (χ4v) is 6.68. The Kier molecular flexibility index (Phi) is 5.81. The number of amides is 2. The van der Waals surface area contributed by atoms with Crippen LogP contribution in [0.1, 0.15) is 17.7 Å². The van der Waals surface area contributed by atoms with Crippen molar-refractivity contribution < 1.29 is 22.7 Å². The first-order valence-electron chi connectivity index (χ1n) is 9.76. The van der Waals surface area contributed by atoms with Gasteiger partial charge in [-0.25, -0.2) is 8.42 Å². The normalized spacial score (nSPS) is 19.2. The second-order valence-corrected chi connectivity index (χ2v) is 10.5. The van der Waals surface area contributed by atoms with E-state index in [1.165, 1.54) is 16.3 Å². The lowest BCUT2D eigenvalue weighted by Crippen LogP contribution is -2.50. The van der Waals surface area contributed by atoms with Gasteiger partial charge < -0.3 is 15.0 Å². The van der Waals surface area contributed by atoms with Crippen molar-refractivity contribution in [3.8, 4) is 5.75 Å². The van der Waals surface area contributed by atoms with E-state index >= 15 is 0 Å². The van der Waals surface area contributed by atoms with Gasteiger partial charge in [0.25, 0.3) is 15.9 Å². The number of thiophene rings is 1. The number of ether oxygens (including phenoxy) is 1. The molecule has 0 bridgehead atoms. The summed E-state index contributed by atoms with van der Waals surface area (Å²) in [5, 5.41) is 2.55. The van der Waals surface area contributed by atoms with E-state index in [0.717, 1.165) is 24.2 Å². The number of anilines is 1. The predicted octanol–water partition coefficient (Wildman–Crippen LogP) is 1.62. The zero-order chi connectivity index (χ0) is 21.3. The molecule has 2 aromatic rings. The van der Waals surface area contributed by atoms with Gasteiger partial charge in [-0.1, -0.05) is 12.1 Å². The molecule has 0 radical (unpaired) electrons. The van der Waals surface area contributed by atoms with Gasteiger partial charge in [0, 0.05) is 25.0 Å². The van der Waals surface area contributed by atoms with Crippen molar-refractivity contribution in [2.45, 2.75) is 29.6 Å². The van der Waals surface area contributed by atoms with E-state index in [4.69, 9.17) is 4.74 Å². The highest BCUT2D eigenvalue weighted by molar-refractivity contribution is 7.91. The molecule has 1 fully saturated rings. The molecule has 0 aliphatic carbocycles. The number of benzene rings is 1. The Hall–Kier alpha value is -2.43. The van der Waals surface area contributed by atoms with Crippen LogP contribution in [0.4, 0.5) is 5.69 Å². The van der Waals surface area contributed by atoms with Crippen molar-refractivity contribution in [3.05, 3.63) is 41.3 Å². The number of nitrogens with one attached hydrogen (secondary N) is 1. The smallest absolute Gasteiger partial charge is 0.262 e. The molecule has 0 spiro atoms. The molecule has 2 aliphatic rings. The standard InChI is InChI=1S/C20H23N3O5S2/c1-21-20(25)17-13-23(15-6-2-3-7-16(15)28-17)18(24)12-14-8-9-19(29-14)30(26,27)22-10-4-5-11-22/h2-3,6-9,17H,4-5,10-13H2,1H3,(H,21,25)/t17-/m0/s1. The minimum Gasteiger partial charge on any atom is -0.477 e. The highest BCUT2D eigenvalue weighted by Gasteiger charge is 2.34. The summed E-state index contributed by atoms with van der Waals surface area (Å²) in [6.45, 7) is 1.18. The van der Waals surface area contributed by atoms with Gasteiger partial charge in [0.2, 0.25) is 5.91 Å². The van der Waals surface area contributed by atoms with Crippen LogP contribution in [0.25, 0.3) is 0 Å². The third-order valence-corrected chi connectivity index (χ3v) is 8.69. The number of carbonyl (C=O) groups is 2. The molecule has 1 saturated heterocycles. The van der Waals surface area contributed by atoms with Gasteiger partial charge in [-0.3, -0.25) is 9.59 Å². The van der Waals surface area contributed by atoms with E-state index in [1.54, 1.807) is 36.4 Å². The van der Waals surface area contributed by atoms with Crippen LogP contribution in [0.15, 0.2) is 40.6 Å². The molecule has 2 aliphatic heterocycles. The van der Waals surface area contributed by atoms with E-state index < -0.39 is 16.1 Å². The average molecular weight is 450 g/mol. The number of sulfonamides is 1. The van der Waals surface area contributed by atoms with Gasteiger partial charge in [0.15, 0.2) is 6.10 Å². The fourth-order valence-electron chi connectivity index (χ4n) is 3.66. The maximum absolute atomic E-state index is 13.1. The lowest BCUT2D eigenvalue weighted by molar-refractivity contribution is -0.127. The Morgan fingerprint density at radius 2 is 1.90 bits per heavy atom. The summed E-state index contributed by atoms with van der Waals surface area (Å²) in [5.74, 6) is -0.0572. The van der Waals surface area contributed by atoms with E-state index in [1.807, 2.05) is 0 Å². The first-order valence-corrected chi connectivity index (χ1v) is 12.0. The zero-order valence-corrected chi connectivity index (χ0v) is 18.2. The monoisotopic (exact) mass is 449 g/mol. The maximum Gasteiger partial charge on any atom is 0.262 e. The zero-order valence-electron chi connectivity index (χ0n) is 16.5. The van der Waals surface area contributed by atoms with Crippen molar-refractivity contribution >= 4 is 38.9 Å². The number of fused-ring (bicyclic) bond motifs is 1. The van der Waals surface area contributed by atoms with Crippen molar-refractivity contribution in [1.82, 2.24) is 9.62 Å². The topological polar surface area (TPSA) is 96.0 Å². The van der Waals surface area contributed by atoms with E-state index in [-0.39, 0.29) is 29.0 Å². The molecule has 2 amide bonds. The lowest BCUT2D eigenvalue weighted by atomic mass is 10.1. The van der Waals surface area contributed by atoms with Crippen molar-refractivity contribution in [2.75, 3.05) is 31.6 Å². The van der Waals surface area contributed by atoms with Gasteiger partial charge in [-0.15, -0.1) is 11.3 Å². The summed E-state index contributed by atoms with van der Waals surface area (Å²) in [7, 11) is -1.98. The summed E-state index contributed by atoms with van der Waals surface area (Å²) in [6.07, 6.45) is 0.996. The number of carbonyl (C=O) groups excluding carboxylic acids is 2. The molecule has 4 rings (SSSR count). The average Bonchev–Trinajstić information content (AvgIpc) is 3.45. The molecule has 1 N–H and O–H groups in total. The molecule has 1 aromatic heterocycles. The molecule has 1 atom stereocenters. The molecule has 160 valence electrons. The number of nitrogens with zero attached hydrogens (tertiary/aromatic N) is 2. The van der Waals surface area contributed by atoms with E-state index in [9.17, 15) is 18.0 Å². The summed E-state index contributed by atoms with van der Waals surface area (Å²) in [6, 6.07) is 10.3. The maximum atomic E-state index is 13.1. The van der Waals surface area contributed by atoms with Crippen molar-refractivity contribution in [3.63, 3.8) is 0 Å². The van der Waals surface area contributed by atoms with Crippen LogP contribution in [-0.2, 0) is 26.0 Å². The number of rotatable bonds is 5. The third-order valence-electron chi connectivity index (χ3n) is 5.24. The van der Waals surface area contributed by atoms with Gasteiger partial charge in [0.1, 0.15) is 9.96 Å². The fraction of sp³-hybridized carbons (Fsp3) is 0.400. The molecule has 1 aromatic carbocycles. The van der Waals surface area contributed by atoms with Gasteiger partial charge in [-0.05, 0) is 37.1 Å². The number of para-hydroxylation sites is 2. The second-order valence-electron chi connectivity index (χ2n) is 7.20. The molecule has 10 heteroatoms. The lowest BCUT2D eigenvalue weighted by Gasteiger charge is -2.34. The van der Waals surface area contributed by atoms with Crippen molar-refractivity contribution in [2.24, 2.45) is 0 Å². The van der Waals surface area contributed by atoms with Crippen LogP contribution in [0.2, 0.25) is 0 Å². The molecule has 3 heterocycles. The van der Waals surface area contributed by atoms with E-state index in [2.05, 4.69) is 5.32 Å². The summed E-state index contributed by atoms with van der Waals surface area (Å²) in [4.78, 5) is 27.4. The Balaban J connectivity index is 1.54. The molecular weight excluding hydrogens is 426 g/mol. The van der Waals surface area contributed by atoms with Gasteiger partial charge in [-0.2, -0.15) is 4.31 Å². The molecule has 8 nitrogen and oxygen atoms in total. The van der Waals surface area contributed by atoms with Crippen LogP contribution < -0.4 is 15.0 Å². The highest BCUT2D eigenvalue weighted by atomic mass is 32.2. The van der Waals surface area contributed by atoms with Gasteiger partial charge in [0.05, 0.1) is 18.7 Å². The summed E-state index contributed by atoms with van der Waals surface area (Å²) in [5.41, 5.74) is 0.601. The Morgan fingerprint density at radius 3 is 2.63 bits per heavy atom. The SMILES string of the molecule is CNC(=O)[C@@H]1CN(C(=O)Cc2ccc(S(=O)(=O)N3CCCC3)s2)c2ccccc2O1. The van der Waals surface area contributed by atoms with Crippen molar-refractivity contribution in [1.29, 1.82) is 0 Å². The molecule has 30 heavy (non-hydrogen) atoms. The molecular formula is C20H23N3O5S2.